The van der Waals surface area contributed by atoms with Gasteiger partial charge in [-0.3, -0.25) is 9.78 Å². The first kappa shape index (κ1) is 10.3. The van der Waals surface area contributed by atoms with Crippen LogP contribution in [0.3, 0.4) is 0 Å². The van der Waals surface area contributed by atoms with E-state index in [1.807, 2.05) is 31.2 Å². The molecule has 0 bridgehead atoms. The number of ketones is 1. The molecule has 0 spiro atoms. The molecule has 0 amide bonds. The van der Waals surface area contributed by atoms with E-state index in [9.17, 15) is 4.79 Å². The van der Waals surface area contributed by atoms with Crippen molar-refractivity contribution in [1.29, 1.82) is 0 Å². The third-order valence-corrected chi connectivity index (χ3v) is 2.78. The summed E-state index contributed by atoms with van der Waals surface area (Å²) in [5, 5.41) is 0.998. The molecule has 0 saturated heterocycles. The highest BCUT2D eigenvalue weighted by Crippen LogP contribution is 2.19. The van der Waals surface area contributed by atoms with Crippen LogP contribution in [0.25, 0.3) is 10.9 Å². The van der Waals surface area contributed by atoms with Gasteiger partial charge in [0.2, 0.25) is 0 Å². The van der Waals surface area contributed by atoms with Crippen LogP contribution in [-0.4, -0.2) is 10.8 Å². The van der Waals surface area contributed by atoms with E-state index < -0.39 is 0 Å². The molecule has 0 aliphatic rings. The van der Waals surface area contributed by atoms with Gasteiger partial charge in [0.25, 0.3) is 0 Å². The maximum atomic E-state index is 11.5. The lowest BCUT2D eigenvalue weighted by atomic mass is 10.1. The smallest absolute Gasteiger partial charge is 0.164 e. The van der Waals surface area contributed by atoms with E-state index in [1.54, 1.807) is 6.20 Å². The molecule has 1 aromatic carbocycles. The van der Waals surface area contributed by atoms with Crippen molar-refractivity contribution in [2.75, 3.05) is 0 Å². The quantitative estimate of drug-likeness (QED) is 0.776. The summed E-state index contributed by atoms with van der Waals surface area (Å²) in [5.74, 6) is 0.132. The summed E-state index contributed by atoms with van der Waals surface area (Å²) in [6.45, 7) is 1.86. The van der Waals surface area contributed by atoms with Crippen LogP contribution in [-0.2, 0) is 0 Å². The number of Topliss-reactive ketones (excluding diaryl/α,β-unsaturated/α-hetero) is 1. The first-order valence-electron chi connectivity index (χ1n) is 4.79. The van der Waals surface area contributed by atoms with Crippen LogP contribution < -0.4 is 0 Å². The van der Waals surface area contributed by atoms with Crippen molar-refractivity contribution in [3.8, 4) is 0 Å². The number of halogens is 1. The van der Waals surface area contributed by atoms with Gasteiger partial charge in [0, 0.05) is 28.0 Å². The normalized spacial score (nSPS) is 10.5. The van der Waals surface area contributed by atoms with Crippen molar-refractivity contribution in [2.24, 2.45) is 0 Å². The summed E-state index contributed by atoms with van der Waals surface area (Å²) in [7, 11) is 0. The van der Waals surface area contributed by atoms with Gasteiger partial charge in [0.15, 0.2) is 5.78 Å². The van der Waals surface area contributed by atoms with Gasteiger partial charge in [-0.25, -0.2) is 0 Å². The number of pyridine rings is 1. The van der Waals surface area contributed by atoms with Gasteiger partial charge in [0.05, 0.1) is 5.52 Å². The molecule has 15 heavy (non-hydrogen) atoms. The molecule has 0 aliphatic carbocycles. The summed E-state index contributed by atoms with van der Waals surface area (Å²) < 4.78 is 0.997. The number of carbonyl (C=O) groups excluding carboxylic acids is 1. The molecule has 76 valence electrons. The van der Waals surface area contributed by atoms with Crippen LogP contribution in [0.4, 0.5) is 0 Å². The Balaban J connectivity index is 2.57. The standard InChI is InChI=1S/C12H10BrNO/c1-2-12(15)9-5-8-3-4-10(13)6-11(8)14-7-9/h3-7H,2H2,1H3. The van der Waals surface area contributed by atoms with E-state index in [1.165, 1.54) is 0 Å². The number of nitrogens with zero attached hydrogens (tertiary/aromatic N) is 1. The third kappa shape index (κ3) is 2.07. The Morgan fingerprint density at radius 1 is 1.40 bits per heavy atom. The number of fused-ring (bicyclic) bond motifs is 1. The lowest BCUT2D eigenvalue weighted by Gasteiger charge is -2.01. The predicted octanol–water partition coefficient (Wildman–Crippen LogP) is 3.59. The number of aromatic nitrogens is 1. The molecule has 3 heteroatoms. The van der Waals surface area contributed by atoms with Crippen molar-refractivity contribution in [3.63, 3.8) is 0 Å². The van der Waals surface area contributed by atoms with Crippen LogP contribution >= 0.6 is 15.9 Å². The number of carbonyl (C=O) groups is 1. The second-order valence-electron chi connectivity index (χ2n) is 3.34. The molecular formula is C12H10BrNO. The minimum atomic E-state index is 0.132. The highest BCUT2D eigenvalue weighted by molar-refractivity contribution is 9.10. The monoisotopic (exact) mass is 263 g/mol. The molecule has 0 unspecified atom stereocenters. The molecule has 1 heterocycles. The van der Waals surface area contributed by atoms with Crippen LogP contribution in [0.2, 0.25) is 0 Å². The average Bonchev–Trinajstić information content (AvgIpc) is 2.27. The molecular weight excluding hydrogens is 254 g/mol. The summed E-state index contributed by atoms with van der Waals surface area (Å²) in [4.78, 5) is 15.7. The Labute approximate surface area is 96.5 Å². The average molecular weight is 264 g/mol. The molecule has 0 atom stereocenters. The highest BCUT2D eigenvalue weighted by atomic mass is 79.9. The maximum absolute atomic E-state index is 11.5. The number of benzene rings is 1. The van der Waals surface area contributed by atoms with Crippen LogP contribution in [0.15, 0.2) is 34.9 Å². The van der Waals surface area contributed by atoms with Gasteiger partial charge in [-0.05, 0) is 18.2 Å². The number of hydrogen-bond donors (Lipinski definition) is 0. The molecule has 0 N–H and O–H groups in total. The zero-order valence-corrected chi connectivity index (χ0v) is 9.91. The Hall–Kier alpha value is -1.22. The molecule has 2 aromatic rings. The third-order valence-electron chi connectivity index (χ3n) is 2.29. The van der Waals surface area contributed by atoms with Crippen LogP contribution in [0, 0.1) is 0 Å². The Kier molecular flexibility index (Phi) is 2.82. The fourth-order valence-electron chi connectivity index (χ4n) is 1.45. The molecule has 0 radical (unpaired) electrons. The zero-order chi connectivity index (χ0) is 10.8. The van der Waals surface area contributed by atoms with Gasteiger partial charge in [-0.1, -0.05) is 28.9 Å². The summed E-state index contributed by atoms with van der Waals surface area (Å²) in [5.41, 5.74) is 1.59. The SMILES string of the molecule is CCC(=O)c1cnc2cc(Br)ccc2c1. The number of rotatable bonds is 2. The van der Waals surface area contributed by atoms with E-state index in [0.717, 1.165) is 15.4 Å². The van der Waals surface area contributed by atoms with Crippen LogP contribution in [0.5, 0.6) is 0 Å². The van der Waals surface area contributed by atoms with Crippen LogP contribution in [0.1, 0.15) is 23.7 Å². The molecule has 2 rings (SSSR count). The lowest BCUT2D eigenvalue weighted by Crippen LogP contribution is -1.97. The second kappa shape index (κ2) is 4.11. The highest BCUT2D eigenvalue weighted by Gasteiger charge is 2.04. The minimum Gasteiger partial charge on any atom is -0.294 e. The zero-order valence-electron chi connectivity index (χ0n) is 8.33. The topological polar surface area (TPSA) is 30.0 Å². The van der Waals surface area contributed by atoms with Gasteiger partial charge < -0.3 is 0 Å². The van der Waals surface area contributed by atoms with Crippen molar-refractivity contribution in [2.45, 2.75) is 13.3 Å². The van der Waals surface area contributed by atoms with Gasteiger partial charge in [-0.15, -0.1) is 0 Å². The lowest BCUT2D eigenvalue weighted by molar-refractivity contribution is 0.0988. The molecule has 1 aromatic heterocycles. The first-order valence-corrected chi connectivity index (χ1v) is 5.58. The number of hydrogen-bond acceptors (Lipinski definition) is 2. The molecule has 2 nitrogen and oxygen atoms in total. The molecule has 0 saturated carbocycles. The van der Waals surface area contributed by atoms with Crippen molar-refractivity contribution < 1.29 is 4.79 Å². The largest absolute Gasteiger partial charge is 0.294 e. The fraction of sp³-hybridized carbons (Fsp3) is 0.167. The molecule has 0 aliphatic heterocycles. The van der Waals surface area contributed by atoms with E-state index >= 15 is 0 Å². The van der Waals surface area contributed by atoms with Gasteiger partial charge >= 0.3 is 0 Å². The van der Waals surface area contributed by atoms with Gasteiger partial charge in [0.1, 0.15) is 0 Å². The van der Waals surface area contributed by atoms with Gasteiger partial charge in [-0.2, -0.15) is 0 Å². The predicted molar refractivity (Wildman–Crippen MR) is 64.1 cm³/mol. The second-order valence-corrected chi connectivity index (χ2v) is 4.25. The Bertz CT molecular complexity index is 522. The first-order chi connectivity index (χ1) is 7.20. The maximum Gasteiger partial charge on any atom is 0.164 e. The van der Waals surface area contributed by atoms with E-state index in [4.69, 9.17) is 0 Å². The van der Waals surface area contributed by atoms with Crippen molar-refractivity contribution in [3.05, 3.63) is 40.5 Å². The van der Waals surface area contributed by atoms with E-state index in [2.05, 4.69) is 20.9 Å². The summed E-state index contributed by atoms with van der Waals surface area (Å²) in [6, 6.07) is 7.74. The Morgan fingerprint density at radius 3 is 2.93 bits per heavy atom. The summed E-state index contributed by atoms with van der Waals surface area (Å²) >= 11 is 3.39. The van der Waals surface area contributed by atoms with E-state index in [-0.39, 0.29) is 5.78 Å². The molecule has 0 fully saturated rings. The minimum absolute atomic E-state index is 0.132. The van der Waals surface area contributed by atoms with Crippen molar-refractivity contribution in [1.82, 2.24) is 4.98 Å². The Morgan fingerprint density at radius 2 is 2.20 bits per heavy atom. The van der Waals surface area contributed by atoms with E-state index in [0.29, 0.717) is 12.0 Å². The summed E-state index contributed by atoms with van der Waals surface area (Å²) in [6.07, 6.45) is 2.16. The fourth-order valence-corrected chi connectivity index (χ4v) is 1.80. The van der Waals surface area contributed by atoms with Crippen molar-refractivity contribution >= 4 is 32.6 Å².